The SMILES string of the molecule is CCOc1cc(C(=O)N2CCC(Oc3ccc(F)c(F)c3)CC2)cc(OCC)c1OCC. The van der Waals surface area contributed by atoms with E-state index in [2.05, 4.69) is 0 Å². The number of likely N-dealkylation sites (tertiary alicyclic amines) is 1. The van der Waals surface area contributed by atoms with Gasteiger partial charge in [0.2, 0.25) is 5.75 Å². The zero-order valence-electron chi connectivity index (χ0n) is 18.7. The van der Waals surface area contributed by atoms with Crippen molar-refractivity contribution in [3.63, 3.8) is 0 Å². The van der Waals surface area contributed by atoms with E-state index in [0.29, 0.717) is 68.6 Å². The molecule has 0 radical (unpaired) electrons. The molecule has 1 aliphatic heterocycles. The summed E-state index contributed by atoms with van der Waals surface area (Å²) in [5.41, 5.74) is 0.459. The lowest BCUT2D eigenvalue weighted by atomic mass is 10.1. The normalized spacial score (nSPS) is 14.2. The van der Waals surface area contributed by atoms with Crippen molar-refractivity contribution in [2.45, 2.75) is 39.7 Å². The molecule has 0 bridgehead atoms. The molecule has 1 saturated heterocycles. The molecule has 0 spiro atoms. The van der Waals surface area contributed by atoms with E-state index in [1.54, 1.807) is 17.0 Å². The fraction of sp³-hybridized carbons (Fsp3) is 0.458. The average Bonchev–Trinajstić information content (AvgIpc) is 2.78. The molecule has 0 aromatic heterocycles. The lowest BCUT2D eigenvalue weighted by Gasteiger charge is -2.32. The second-order valence-electron chi connectivity index (χ2n) is 7.29. The number of carbonyl (C=O) groups excluding carboxylic acids is 1. The highest BCUT2D eigenvalue weighted by Gasteiger charge is 2.27. The molecule has 1 heterocycles. The van der Waals surface area contributed by atoms with Crippen molar-refractivity contribution in [1.29, 1.82) is 0 Å². The van der Waals surface area contributed by atoms with Gasteiger partial charge in [0, 0.05) is 37.6 Å². The first-order valence-corrected chi connectivity index (χ1v) is 10.9. The monoisotopic (exact) mass is 449 g/mol. The van der Waals surface area contributed by atoms with Gasteiger partial charge in [-0.05, 0) is 45.0 Å². The van der Waals surface area contributed by atoms with Crippen LogP contribution in [-0.2, 0) is 0 Å². The Morgan fingerprint density at radius 1 is 0.906 bits per heavy atom. The van der Waals surface area contributed by atoms with Gasteiger partial charge in [-0.3, -0.25) is 4.79 Å². The van der Waals surface area contributed by atoms with Crippen LogP contribution >= 0.6 is 0 Å². The summed E-state index contributed by atoms with van der Waals surface area (Å²) in [7, 11) is 0. The Bertz CT molecular complexity index is 902. The van der Waals surface area contributed by atoms with Gasteiger partial charge in [0.25, 0.3) is 5.91 Å². The topological polar surface area (TPSA) is 57.2 Å². The standard InChI is InChI=1S/C24H29F2NO5/c1-4-29-21-13-16(14-22(30-5-2)23(21)31-6-3)24(28)27-11-9-17(10-12-27)32-18-7-8-19(25)20(26)15-18/h7-8,13-15,17H,4-6,9-12H2,1-3H3. The molecular formula is C24H29F2NO5. The number of hydrogen-bond donors (Lipinski definition) is 0. The zero-order valence-corrected chi connectivity index (χ0v) is 18.7. The van der Waals surface area contributed by atoms with E-state index in [9.17, 15) is 13.6 Å². The van der Waals surface area contributed by atoms with Gasteiger partial charge in [-0.1, -0.05) is 0 Å². The molecule has 1 fully saturated rings. The molecule has 0 unspecified atom stereocenters. The highest BCUT2D eigenvalue weighted by molar-refractivity contribution is 5.95. The summed E-state index contributed by atoms with van der Waals surface area (Å²) >= 11 is 0. The van der Waals surface area contributed by atoms with Crippen molar-refractivity contribution >= 4 is 5.91 Å². The van der Waals surface area contributed by atoms with Crippen LogP contribution in [-0.4, -0.2) is 49.8 Å². The first-order valence-electron chi connectivity index (χ1n) is 10.9. The van der Waals surface area contributed by atoms with Crippen molar-refractivity contribution in [3.8, 4) is 23.0 Å². The third-order valence-electron chi connectivity index (χ3n) is 5.08. The van der Waals surface area contributed by atoms with E-state index in [-0.39, 0.29) is 17.8 Å². The predicted octanol–water partition coefficient (Wildman–Crippen LogP) is 4.84. The zero-order chi connectivity index (χ0) is 23.1. The van der Waals surface area contributed by atoms with Crippen LogP contribution in [0.3, 0.4) is 0 Å². The van der Waals surface area contributed by atoms with E-state index < -0.39 is 11.6 Å². The Labute approximate surface area is 187 Å². The van der Waals surface area contributed by atoms with Crippen LogP contribution in [0.4, 0.5) is 8.78 Å². The molecule has 1 aliphatic rings. The molecule has 0 N–H and O–H groups in total. The van der Waals surface area contributed by atoms with Gasteiger partial charge >= 0.3 is 0 Å². The van der Waals surface area contributed by atoms with Gasteiger partial charge in [-0.2, -0.15) is 0 Å². The second-order valence-corrected chi connectivity index (χ2v) is 7.29. The van der Waals surface area contributed by atoms with E-state index >= 15 is 0 Å². The molecule has 0 saturated carbocycles. The van der Waals surface area contributed by atoms with Gasteiger partial charge in [-0.15, -0.1) is 0 Å². The number of hydrogen-bond acceptors (Lipinski definition) is 5. The Morgan fingerprint density at radius 3 is 2.03 bits per heavy atom. The predicted molar refractivity (Wildman–Crippen MR) is 116 cm³/mol. The van der Waals surface area contributed by atoms with Crippen molar-refractivity contribution in [2.24, 2.45) is 0 Å². The molecule has 0 atom stereocenters. The molecule has 1 amide bonds. The lowest BCUT2D eigenvalue weighted by molar-refractivity contribution is 0.0594. The van der Waals surface area contributed by atoms with E-state index in [1.807, 2.05) is 20.8 Å². The van der Waals surface area contributed by atoms with Gasteiger partial charge in [0.15, 0.2) is 23.1 Å². The summed E-state index contributed by atoms with van der Waals surface area (Å²) in [5, 5.41) is 0. The first kappa shape index (κ1) is 23.6. The third kappa shape index (κ3) is 5.60. The lowest BCUT2D eigenvalue weighted by Crippen LogP contribution is -2.41. The largest absolute Gasteiger partial charge is 0.490 e. The van der Waals surface area contributed by atoms with Crippen LogP contribution in [0, 0.1) is 11.6 Å². The minimum atomic E-state index is -0.944. The van der Waals surface area contributed by atoms with Gasteiger partial charge in [0.05, 0.1) is 19.8 Å². The Kier molecular flexibility index (Phi) is 8.14. The number of piperidine rings is 1. The summed E-state index contributed by atoms with van der Waals surface area (Å²) in [6, 6.07) is 6.85. The molecule has 6 nitrogen and oxygen atoms in total. The van der Waals surface area contributed by atoms with Crippen LogP contribution in [0.2, 0.25) is 0 Å². The van der Waals surface area contributed by atoms with Crippen molar-refractivity contribution in [1.82, 2.24) is 4.90 Å². The number of benzene rings is 2. The smallest absolute Gasteiger partial charge is 0.254 e. The van der Waals surface area contributed by atoms with Crippen molar-refractivity contribution in [3.05, 3.63) is 47.5 Å². The van der Waals surface area contributed by atoms with Crippen molar-refractivity contribution < 1.29 is 32.5 Å². The Hall–Kier alpha value is -3.03. The third-order valence-corrected chi connectivity index (χ3v) is 5.08. The summed E-state index contributed by atoms with van der Waals surface area (Å²) in [5.74, 6) is -0.275. The number of rotatable bonds is 9. The average molecular weight is 449 g/mol. The van der Waals surface area contributed by atoms with Gasteiger partial charge in [-0.25, -0.2) is 8.78 Å². The Morgan fingerprint density at radius 2 is 1.50 bits per heavy atom. The van der Waals surface area contributed by atoms with Crippen LogP contribution in [0.25, 0.3) is 0 Å². The fourth-order valence-electron chi connectivity index (χ4n) is 3.61. The minimum absolute atomic E-state index is 0.138. The highest BCUT2D eigenvalue weighted by Crippen LogP contribution is 2.39. The molecule has 2 aromatic carbocycles. The number of ether oxygens (including phenoxy) is 4. The molecular weight excluding hydrogens is 420 g/mol. The first-order chi connectivity index (χ1) is 15.5. The summed E-state index contributed by atoms with van der Waals surface area (Å²) in [6.45, 7) is 7.86. The number of nitrogens with zero attached hydrogens (tertiary/aromatic N) is 1. The number of amides is 1. The van der Waals surface area contributed by atoms with Gasteiger partial charge < -0.3 is 23.8 Å². The minimum Gasteiger partial charge on any atom is -0.490 e. The van der Waals surface area contributed by atoms with Crippen LogP contribution in [0.15, 0.2) is 30.3 Å². The van der Waals surface area contributed by atoms with Crippen molar-refractivity contribution in [2.75, 3.05) is 32.9 Å². The quantitative estimate of drug-likeness (QED) is 0.548. The van der Waals surface area contributed by atoms with Gasteiger partial charge in [0.1, 0.15) is 11.9 Å². The molecule has 8 heteroatoms. The number of carbonyl (C=O) groups is 1. The van der Waals surface area contributed by atoms with E-state index in [1.165, 1.54) is 6.07 Å². The summed E-state index contributed by atoms with van der Waals surface area (Å²) in [6.07, 6.45) is 0.985. The van der Waals surface area contributed by atoms with Crippen LogP contribution in [0.1, 0.15) is 44.0 Å². The second kappa shape index (κ2) is 11.0. The van der Waals surface area contributed by atoms with E-state index in [4.69, 9.17) is 18.9 Å². The summed E-state index contributed by atoms with van der Waals surface area (Å²) in [4.78, 5) is 14.9. The maximum Gasteiger partial charge on any atom is 0.254 e. The molecule has 0 aliphatic carbocycles. The van der Waals surface area contributed by atoms with Crippen LogP contribution < -0.4 is 18.9 Å². The van der Waals surface area contributed by atoms with E-state index in [0.717, 1.165) is 12.1 Å². The van der Waals surface area contributed by atoms with Crippen LogP contribution in [0.5, 0.6) is 23.0 Å². The fourth-order valence-corrected chi connectivity index (χ4v) is 3.61. The maximum atomic E-state index is 13.4. The molecule has 3 rings (SSSR count). The molecule has 32 heavy (non-hydrogen) atoms. The number of halogens is 2. The summed E-state index contributed by atoms with van der Waals surface area (Å²) < 4.78 is 49.4. The molecule has 2 aromatic rings. The Balaban J connectivity index is 1.70. The maximum absolute atomic E-state index is 13.4. The highest BCUT2D eigenvalue weighted by atomic mass is 19.2. The molecule has 174 valence electrons.